The molecule has 5 rings (SSSR count). The van der Waals surface area contributed by atoms with Gasteiger partial charge in [0, 0.05) is 18.0 Å². The van der Waals surface area contributed by atoms with Gasteiger partial charge in [0.2, 0.25) is 5.82 Å². The molecule has 0 unspecified atom stereocenters. The van der Waals surface area contributed by atoms with Gasteiger partial charge in [0.05, 0.1) is 18.5 Å². The molecule has 154 valence electrons. The van der Waals surface area contributed by atoms with Crippen molar-refractivity contribution in [1.29, 1.82) is 0 Å². The van der Waals surface area contributed by atoms with Crippen molar-refractivity contribution in [3.8, 4) is 11.6 Å². The highest BCUT2D eigenvalue weighted by Gasteiger charge is 2.17. The summed E-state index contributed by atoms with van der Waals surface area (Å²) in [6, 6.07) is 19.2. The summed E-state index contributed by atoms with van der Waals surface area (Å²) in [6.45, 7) is 2.56. The average molecular weight is 430 g/mol. The fraction of sp³-hybridized carbons (Fsp3) is 0.130. The van der Waals surface area contributed by atoms with Gasteiger partial charge in [-0.3, -0.25) is 13.8 Å². The number of nitrogens with zero attached hydrogens (tertiary/aromatic N) is 5. The Kier molecular flexibility index (Phi) is 5.13. The smallest absolute Gasteiger partial charge is 0.258 e. The molecule has 0 aliphatic rings. The van der Waals surface area contributed by atoms with Gasteiger partial charge >= 0.3 is 0 Å². The van der Waals surface area contributed by atoms with Crippen LogP contribution in [0.5, 0.6) is 0 Å². The maximum atomic E-state index is 12.5. The molecule has 0 N–H and O–H groups in total. The van der Waals surface area contributed by atoms with Crippen molar-refractivity contribution in [3.63, 3.8) is 0 Å². The maximum absolute atomic E-state index is 12.5. The van der Waals surface area contributed by atoms with Crippen LogP contribution in [0.25, 0.3) is 17.2 Å². The van der Waals surface area contributed by atoms with Crippen molar-refractivity contribution < 1.29 is 4.42 Å². The number of hydrogen-bond acceptors (Lipinski definition) is 6. The van der Waals surface area contributed by atoms with Crippen LogP contribution in [0.15, 0.2) is 87.5 Å². The van der Waals surface area contributed by atoms with Crippen molar-refractivity contribution in [2.24, 2.45) is 0 Å². The molecule has 1 aromatic carbocycles. The lowest BCUT2D eigenvalue weighted by Gasteiger charge is -2.09. The first-order valence-electron chi connectivity index (χ1n) is 9.80. The molecule has 0 saturated heterocycles. The largest absolute Gasteiger partial charge is 0.461 e. The first-order chi connectivity index (χ1) is 15.2. The number of thioether (sulfide) groups is 1. The van der Waals surface area contributed by atoms with Gasteiger partial charge in [0.15, 0.2) is 10.9 Å². The van der Waals surface area contributed by atoms with Gasteiger partial charge in [-0.25, -0.2) is 4.98 Å². The summed E-state index contributed by atoms with van der Waals surface area (Å²) in [6.07, 6.45) is 3.42. The van der Waals surface area contributed by atoms with Crippen LogP contribution in [0.3, 0.4) is 0 Å². The minimum absolute atomic E-state index is 0.0914. The Labute approximate surface area is 182 Å². The van der Waals surface area contributed by atoms with Crippen molar-refractivity contribution >= 4 is 17.4 Å². The van der Waals surface area contributed by atoms with E-state index in [4.69, 9.17) is 4.42 Å². The summed E-state index contributed by atoms with van der Waals surface area (Å²) in [5, 5.41) is 9.48. The number of hydrogen-bond donors (Lipinski definition) is 0. The Morgan fingerprint density at radius 1 is 1.03 bits per heavy atom. The number of fused-ring (bicyclic) bond motifs is 1. The number of aryl methyl sites for hydroxylation is 1. The van der Waals surface area contributed by atoms with Gasteiger partial charge < -0.3 is 4.42 Å². The molecule has 0 bridgehead atoms. The number of aromatic nitrogens is 5. The van der Waals surface area contributed by atoms with Crippen molar-refractivity contribution in [1.82, 2.24) is 24.1 Å². The third-order valence-electron chi connectivity index (χ3n) is 4.85. The molecule has 0 aliphatic heterocycles. The molecular formula is C23H19N5O2S. The van der Waals surface area contributed by atoms with Crippen LogP contribution >= 0.6 is 11.8 Å². The number of furan rings is 1. The van der Waals surface area contributed by atoms with E-state index in [-0.39, 0.29) is 5.56 Å². The molecule has 4 heterocycles. The summed E-state index contributed by atoms with van der Waals surface area (Å²) >= 11 is 1.49. The van der Waals surface area contributed by atoms with E-state index in [2.05, 4.69) is 27.3 Å². The van der Waals surface area contributed by atoms with Crippen molar-refractivity contribution in [3.05, 3.63) is 100 Å². The van der Waals surface area contributed by atoms with Crippen LogP contribution in [-0.2, 0) is 12.3 Å². The summed E-state index contributed by atoms with van der Waals surface area (Å²) < 4.78 is 9.15. The molecule has 7 nitrogen and oxygen atoms in total. The average Bonchev–Trinajstić information content (AvgIpc) is 3.44. The third-order valence-corrected chi connectivity index (χ3v) is 5.85. The lowest BCUT2D eigenvalue weighted by molar-refractivity contribution is 0.569. The molecule has 0 fully saturated rings. The van der Waals surface area contributed by atoms with E-state index in [1.165, 1.54) is 11.8 Å². The molecule has 4 aromatic heterocycles. The molecule has 0 radical (unpaired) electrons. The van der Waals surface area contributed by atoms with Crippen LogP contribution in [-0.4, -0.2) is 24.1 Å². The molecule has 0 amide bonds. The van der Waals surface area contributed by atoms with Gasteiger partial charge in [-0.05, 0) is 36.2 Å². The number of benzene rings is 1. The Morgan fingerprint density at radius 2 is 1.90 bits per heavy atom. The molecule has 5 aromatic rings. The van der Waals surface area contributed by atoms with Crippen molar-refractivity contribution in [2.75, 3.05) is 0 Å². The first kappa shape index (κ1) is 19.3. The Balaban J connectivity index is 1.46. The second-order valence-electron chi connectivity index (χ2n) is 7.16. The van der Waals surface area contributed by atoms with Crippen molar-refractivity contribution in [2.45, 2.75) is 24.4 Å². The highest BCUT2D eigenvalue weighted by atomic mass is 32.2. The zero-order valence-electron chi connectivity index (χ0n) is 16.8. The SMILES string of the molecule is Cc1ccc2nc(CSc3nnc(-c4ccco4)n3Cc3ccccc3)cc(=O)n2c1. The summed E-state index contributed by atoms with van der Waals surface area (Å²) in [5.74, 6) is 1.83. The minimum Gasteiger partial charge on any atom is -0.461 e. The van der Waals surface area contributed by atoms with Gasteiger partial charge in [0.1, 0.15) is 5.65 Å². The van der Waals surface area contributed by atoms with Crippen LogP contribution in [0.1, 0.15) is 16.8 Å². The van der Waals surface area contributed by atoms with E-state index < -0.39 is 0 Å². The van der Waals surface area contributed by atoms with Gasteiger partial charge in [-0.1, -0.05) is 48.2 Å². The topological polar surface area (TPSA) is 78.2 Å². The zero-order chi connectivity index (χ0) is 21.2. The fourth-order valence-corrected chi connectivity index (χ4v) is 4.19. The molecule has 0 spiro atoms. The number of pyridine rings is 1. The van der Waals surface area contributed by atoms with E-state index >= 15 is 0 Å². The zero-order valence-corrected chi connectivity index (χ0v) is 17.6. The van der Waals surface area contributed by atoms with Crippen LogP contribution < -0.4 is 5.56 Å². The lowest BCUT2D eigenvalue weighted by atomic mass is 10.2. The summed E-state index contributed by atoms with van der Waals surface area (Å²) in [7, 11) is 0. The summed E-state index contributed by atoms with van der Waals surface area (Å²) in [5.41, 5.74) is 3.39. The maximum Gasteiger partial charge on any atom is 0.258 e. The first-order valence-corrected chi connectivity index (χ1v) is 10.8. The quantitative estimate of drug-likeness (QED) is 0.377. The predicted octanol–water partition coefficient (Wildman–Crippen LogP) is 4.20. The summed E-state index contributed by atoms with van der Waals surface area (Å²) in [4.78, 5) is 17.1. The van der Waals surface area contributed by atoms with Crippen LogP contribution in [0.2, 0.25) is 0 Å². The lowest BCUT2D eigenvalue weighted by Crippen LogP contribution is -2.15. The van der Waals surface area contributed by atoms with Crippen LogP contribution in [0, 0.1) is 6.92 Å². The predicted molar refractivity (Wildman–Crippen MR) is 119 cm³/mol. The minimum atomic E-state index is -0.0914. The molecule has 0 atom stereocenters. The second-order valence-corrected chi connectivity index (χ2v) is 8.11. The monoisotopic (exact) mass is 429 g/mol. The Morgan fingerprint density at radius 3 is 2.71 bits per heavy atom. The molecule has 0 saturated carbocycles. The van der Waals surface area contributed by atoms with E-state index in [0.717, 1.165) is 16.3 Å². The van der Waals surface area contributed by atoms with E-state index in [9.17, 15) is 4.79 Å². The highest BCUT2D eigenvalue weighted by molar-refractivity contribution is 7.98. The van der Waals surface area contributed by atoms with Gasteiger partial charge in [-0.15, -0.1) is 10.2 Å². The fourth-order valence-electron chi connectivity index (χ4n) is 3.36. The van der Waals surface area contributed by atoms with Gasteiger partial charge in [-0.2, -0.15) is 0 Å². The van der Waals surface area contributed by atoms with E-state index in [0.29, 0.717) is 35.2 Å². The van der Waals surface area contributed by atoms with E-state index in [1.807, 2.05) is 54.0 Å². The highest BCUT2D eigenvalue weighted by Crippen LogP contribution is 2.27. The van der Waals surface area contributed by atoms with Gasteiger partial charge in [0.25, 0.3) is 5.56 Å². The molecule has 31 heavy (non-hydrogen) atoms. The molecule has 8 heteroatoms. The molecular weight excluding hydrogens is 410 g/mol. The standard InChI is InChI=1S/C23H19N5O2S/c1-16-9-10-20-24-18(12-21(29)27(20)13-16)15-31-23-26-25-22(19-8-5-11-30-19)28(23)14-17-6-3-2-4-7-17/h2-13H,14-15H2,1H3. The Hall–Kier alpha value is -3.65. The number of rotatable bonds is 6. The normalized spacial score (nSPS) is 11.3. The second kappa shape index (κ2) is 8.23. The molecule has 0 aliphatic carbocycles. The van der Waals surface area contributed by atoms with E-state index in [1.54, 1.807) is 22.9 Å². The van der Waals surface area contributed by atoms with Crippen LogP contribution in [0.4, 0.5) is 0 Å². The third kappa shape index (κ3) is 4.02. The Bertz CT molecular complexity index is 1390.